The van der Waals surface area contributed by atoms with Crippen LogP contribution < -0.4 is 0 Å². The number of carboxylic acids is 1. The summed E-state index contributed by atoms with van der Waals surface area (Å²) >= 11 is 0. The van der Waals surface area contributed by atoms with Gasteiger partial charge in [-0.2, -0.15) is 0 Å². The van der Waals surface area contributed by atoms with Crippen LogP contribution in [0, 0.1) is 46.3 Å². The number of carboxylic acid groups (broad SMARTS) is 1. The van der Waals surface area contributed by atoms with Gasteiger partial charge in [0, 0.05) is 6.42 Å². The second kappa shape index (κ2) is 7.04. The molecule has 3 heteroatoms. The lowest BCUT2D eigenvalue weighted by Gasteiger charge is -2.61. The number of hydrogen-bond donors (Lipinski definition) is 2. The van der Waals surface area contributed by atoms with Crippen molar-refractivity contribution in [3.05, 3.63) is 0 Å². The predicted molar refractivity (Wildman–Crippen MR) is 107 cm³/mol. The number of aliphatic carboxylic acids is 1. The largest absolute Gasteiger partial charge is 0.481 e. The summed E-state index contributed by atoms with van der Waals surface area (Å²) in [6.07, 6.45) is 12.4. The highest BCUT2D eigenvalue weighted by Crippen LogP contribution is 2.68. The number of fused-ring (bicyclic) bond motifs is 5. The fourth-order valence-electron chi connectivity index (χ4n) is 8.76. The quantitative estimate of drug-likeness (QED) is 0.680. The molecule has 0 aliphatic heterocycles. The normalized spacial score (nSPS) is 50.4. The molecule has 0 heterocycles. The second-order valence-corrected chi connectivity index (χ2v) is 11.2. The molecule has 0 bridgehead atoms. The van der Waals surface area contributed by atoms with Crippen molar-refractivity contribution in [1.29, 1.82) is 0 Å². The molecule has 0 saturated heterocycles. The summed E-state index contributed by atoms with van der Waals surface area (Å²) in [7, 11) is 0. The maximum Gasteiger partial charge on any atom is 0.303 e. The first-order valence-electron chi connectivity index (χ1n) is 11.7. The monoisotopic (exact) mass is 376 g/mol. The van der Waals surface area contributed by atoms with E-state index < -0.39 is 5.97 Å². The fourth-order valence-corrected chi connectivity index (χ4v) is 8.76. The minimum atomic E-state index is -0.643. The van der Waals surface area contributed by atoms with Gasteiger partial charge in [-0.15, -0.1) is 0 Å². The highest BCUT2D eigenvalue weighted by molar-refractivity contribution is 5.66. The minimum Gasteiger partial charge on any atom is -0.481 e. The Labute approximate surface area is 165 Å². The van der Waals surface area contributed by atoms with Crippen LogP contribution in [-0.2, 0) is 4.79 Å². The van der Waals surface area contributed by atoms with E-state index in [1.807, 2.05) is 0 Å². The Hall–Kier alpha value is -0.570. The summed E-state index contributed by atoms with van der Waals surface area (Å²) in [5.41, 5.74) is 0.882. The van der Waals surface area contributed by atoms with E-state index in [4.69, 9.17) is 5.11 Å². The molecule has 27 heavy (non-hydrogen) atoms. The van der Waals surface area contributed by atoms with E-state index >= 15 is 0 Å². The van der Waals surface area contributed by atoms with Crippen LogP contribution in [-0.4, -0.2) is 22.3 Å². The summed E-state index contributed by atoms with van der Waals surface area (Å²) in [6.45, 7) is 7.43. The molecule has 154 valence electrons. The molecule has 4 fully saturated rings. The summed E-state index contributed by atoms with van der Waals surface area (Å²) < 4.78 is 0. The van der Waals surface area contributed by atoms with E-state index in [1.54, 1.807) is 0 Å². The average Bonchev–Trinajstić information content (AvgIpc) is 2.97. The van der Waals surface area contributed by atoms with Crippen molar-refractivity contribution in [2.45, 2.75) is 97.5 Å². The third-order valence-corrected chi connectivity index (χ3v) is 10.2. The van der Waals surface area contributed by atoms with Gasteiger partial charge in [-0.25, -0.2) is 0 Å². The van der Waals surface area contributed by atoms with Gasteiger partial charge in [0.2, 0.25) is 0 Å². The molecule has 4 aliphatic carbocycles. The van der Waals surface area contributed by atoms with Crippen LogP contribution in [0.25, 0.3) is 0 Å². The minimum absolute atomic E-state index is 0.0561. The smallest absolute Gasteiger partial charge is 0.303 e. The Morgan fingerprint density at radius 3 is 2.44 bits per heavy atom. The molecule has 0 unspecified atom stereocenters. The molecular formula is C24H40O3. The van der Waals surface area contributed by atoms with Gasteiger partial charge < -0.3 is 10.2 Å². The number of rotatable bonds is 4. The van der Waals surface area contributed by atoms with Crippen molar-refractivity contribution in [3.63, 3.8) is 0 Å². The van der Waals surface area contributed by atoms with Crippen molar-refractivity contribution in [2.75, 3.05) is 0 Å². The topological polar surface area (TPSA) is 57.5 Å². The standard InChI is InChI=1S/C24H40O3/c1-15(4-9-22(26)27)19-7-8-20-18-6-5-16-14-17(25)10-12-23(16,2)21(18)11-13-24(19,20)3/h15-21,25H,4-14H2,1-3H3,(H,26,27)/t15-,16-,17-,18+,19-,20+,21-,23+,24-/m1/s1. The molecule has 0 amide bonds. The highest BCUT2D eigenvalue weighted by atomic mass is 16.4. The van der Waals surface area contributed by atoms with Gasteiger partial charge in [-0.1, -0.05) is 20.8 Å². The number of hydrogen-bond acceptors (Lipinski definition) is 2. The van der Waals surface area contributed by atoms with E-state index in [0.29, 0.717) is 29.1 Å². The lowest BCUT2D eigenvalue weighted by atomic mass is 9.44. The Balaban J connectivity index is 1.51. The lowest BCUT2D eigenvalue weighted by molar-refractivity contribution is -0.138. The first-order chi connectivity index (χ1) is 12.8. The molecule has 9 atom stereocenters. The van der Waals surface area contributed by atoms with Crippen LogP contribution >= 0.6 is 0 Å². The molecule has 0 spiro atoms. The third kappa shape index (κ3) is 3.16. The van der Waals surface area contributed by atoms with Crippen LogP contribution in [0.5, 0.6) is 0 Å². The van der Waals surface area contributed by atoms with E-state index in [1.165, 1.54) is 44.9 Å². The zero-order valence-electron chi connectivity index (χ0n) is 17.6. The van der Waals surface area contributed by atoms with Crippen LogP contribution in [0.1, 0.15) is 91.4 Å². The van der Waals surface area contributed by atoms with Gasteiger partial charge in [0.05, 0.1) is 6.10 Å². The molecular weight excluding hydrogens is 336 g/mol. The molecule has 0 radical (unpaired) electrons. The average molecular weight is 377 g/mol. The van der Waals surface area contributed by atoms with E-state index in [0.717, 1.165) is 42.9 Å². The summed E-state index contributed by atoms with van der Waals surface area (Å²) in [6, 6.07) is 0. The van der Waals surface area contributed by atoms with Gasteiger partial charge >= 0.3 is 5.97 Å². The fraction of sp³-hybridized carbons (Fsp3) is 0.958. The molecule has 0 aromatic rings. The van der Waals surface area contributed by atoms with Gasteiger partial charge in [0.15, 0.2) is 0 Å². The molecule has 0 aromatic carbocycles. The first-order valence-corrected chi connectivity index (χ1v) is 11.7. The first kappa shape index (κ1) is 19.7. The van der Waals surface area contributed by atoms with Gasteiger partial charge in [0.1, 0.15) is 0 Å². The van der Waals surface area contributed by atoms with Gasteiger partial charge in [0.25, 0.3) is 0 Å². The van der Waals surface area contributed by atoms with Crippen LogP contribution in [0.3, 0.4) is 0 Å². The Kier molecular flexibility index (Phi) is 5.15. The van der Waals surface area contributed by atoms with Crippen molar-refractivity contribution < 1.29 is 15.0 Å². The van der Waals surface area contributed by atoms with Gasteiger partial charge in [-0.3, -0.25) is 4.79 Å². The lowest BCUT2D eigenvalue weighted by Crippen LogP contribution is -2.54. The summed E-state index contributed by atoms with van der Waals surface area (Å²) in [5, 5.41) is 19.3. The number of carbonyl (C=O) groups is 1. The summed E-state index contributed by atoms with van der Waals surface area (Å²) in [5.74, 6) is 3.91. The third-order valence-electron chi connectivity index (χ3n) is 10.2. The van der Waals surface area contributed by atoms with Crippen molar-refractivity contribution in [2.24, 2.45) is 46.3 Å². The highest BCUT2D eigenvalue weighted by Gasteiger charge is 2.60. The Morgan fingerprint density at radius 2 is 1.70 bits per heavy atom. The van der Waals surface area contributed by atoms with Crippen molar-refractivity contribution in [1.82, 2.24) is 0 Å². The molecule has 3 nitrogen and oxygen atoms in total. The second-order valence-electron chi connectivity index (χ2n) is 11.2. The van der Waals surface area contributed by atoms with Crippen LogP contribution in [0.2, 0.25) is 0 Å². The van der Waals surface area contributed by atoms with Crippen LogP contribution in [0.15, 0.2) is 0 Å². The molecule has 4 rings (SSSR count). The molecule has 4 aliphatic rings. The SMILES string of the molecule is C[C@H](CCC(=O)O)[C@H]1CC[C@H]2[C@@H]3CC[C@@H]4C[C@H](O)CC[C@]4(C)[C@@H]3CC[C@]12C. The molecule has 4 saturated carbocycles. The maximum absolute atomic E-state index is 11.0. The maximum atomic E-state index is 11.0. The predicted octanol–water partition coefficient (Wildman–Crippen LogP) is 5.51. The zero-order chi connectivity index (χ0) is 19.4. The van der Waals surface area contributed by atoms with Crippen LogP contribution in [0.4, 0.5) is 0 Å². The molecule has 0 aromatic heterocycles. The molecule has 2 N–H and O–H groups in total. The van der Waals surface area contributed by atoms with Crippen molar-refractivity contribution >= 4 is 5.97 Å². The Bertz CT molecular complexity index is 574. The van der Waals surface area contributed by atoms with E-state index in [2.05, 4.69) is 20.8 Å². The Morgan fingerprint density at radius 1 is 1.00 bits per heavy atom. The zero-order valence-corrected chi connectivity index (χ0v) is 17.6. The van der Waals surface area contributed by atoms with Crippen molar-refractivity contribution in [3.8, 4) is 0 Å². The van der Waals surface area contributed by atoms with E-state index in [9.17, 15) is 9.90 Å². The van der Waals surface area contributed by atoms with E-state index in [-0.39, 0.29) is 6.10 Å². The number of aliphatic hydroxyl groups excluding tert-OH is 1. The summed E-state index contributed by atoms with van der Waals surface area (Å²) in [4.78, 5) is 11.0. The van der Waals surface area contributed by atoms with Gasteiger partial charge in [-0.05, 0) is 111 Å². The number of aliphatic hydroxyl groups is 1.